The Hall–Kier alpha value is -1.59. The molecule has 1 heterocycles. The van der Waals surface area contributed by atoms with Crippen LogP contribution >= 0.6 is 0 Å². The van der Waals surface area contributed by atoms with Crippen LogP contribution in [0.2, 0.25) is 0 Å². The van der Waals surface area contributed by atoms with Crippen LogP contribution < -0.4 is 0 Å². The van der Waals surface area contributed by atoms with Crippen molar-refractivity contribution < 1.29 is 19.0 Å². The summed E-state index contributed by atoms with van der Waals surface area (Å²) in [4.78, 5) is 13.7. The lowest BCUT2D eigenvalue weighted by Gasteiger charge is -2.23. The monoisotopic (exact) mass is 319 g/mol. The second kappa shape index (κ2) is 6.49. The third-order valence-electron chi connectivity index (χ3n) is 4.47. The molecule has 1 unspecified atom stereocenters. The molecule has 0 aromatic heterocycles. The van der Waals surface area contributed by atoms with Crippen molar-refractivity contribution in [3.63, 3.8) is 0 Å². The van der Waals surface area contributed by atoms with Crippen LogP contribution in [0.5, 0.6) is 0 Å². The summed E-state index contributed by atoms with van der Waals surface area (Å²) in [7, 11) is 1.78. The van der Waals surface area contributed by atoms with Crippen molar-refractivity contribution in [1.29, 1.82) is 0 Å². The predicted molar refractivity (Wildman–Crippen MR) is 85.8 cm³/mol. The molecule has 1 saturated heterocycles. The van der Waals surface area contributed by atoms with Gasteiger partial charge in [0.2, 0.25) is 0 Å². The van der Waals surface area contributed by atoms with E-state index in [4.69, 9.17) is 14.2 Å². The molecule has 0 radical (unpaired) electrons. The summed E-state index contributed by atoms with van der Waals surface area (Å²) in [5, 5.41) is 0. The first kappa shape index (κ1) is 16.3. The first-order chi connectivity index (χ1) is 10.9. The van der Waals surface area contributed by atoms with Crippen LogP contribution in [0.3, 0.4) is 0 Å². The van der Waals surface area contributed by atoms with Crippen molar-refractivity contribution >= 4 is 6.09 Å². The number of hydrogen-bond donors (Lipinski definition) is 0. The van der Waals surface area contributed by atoms with Gasteiger partial charge >= 0.3 is 6.09 Å². The molecule has 23 heavy (non-hydrogen) atoms. The smallest absolute Gasteiger partial charge is 0.409 e. The lowest BCUT2D eigenvalue weighted by atomic mass is 10.1. The number of hydrogen-bond acceptors (Lipinski definition) is 4. The van der Waals surface area contributed by atoms with Gasteiger partial charge in [-0.15, -0.1) is 0 Å². The van der Waals surface area contributed by atoms with Gasteiger partial charge in [-0.3, -0.25) is 0 Å². The maximum absolute atomic E-state index is 12.1. The zero-order chi connectivity index (χ0) is 16.4. The number of rotatable bonds is 4. The zero-order valence-corrected chi connectivity index (χ0v) is 14.0. The van der Waals surface area contributed by atoms with E-state index in [1.165, 1.54) is 0 Å². The number of carbonyl (C=O) groups is 1. The summed E-state index contributed by atoms with van der Waals surface area (Å²) >= 11 is 0. The van der Waals surface area contributed by atoms with Gasteiger partial charge in [0.1, 0.15) is 6.61 Å². The van der Waals surface area contributed by atoms with Gasteiger partial charge in [0, 0.05) is 13.6 Å². The van der Waals surface area contributed by atoms with Crippen molar-refractivity contribution in [2.24, 2.45) is 5.92 Å². The SMILES string of the molecule is CN(CC1C[C@@H]2OC(C)(C)O[C@@H]2C1)C(=O)OCc1ccccc1. The van der Waals surface area contributed by atoms with Crippen LogP contribution in [0.25, 0.3) is 0 Å². The van der Waals surface area contributed by atoms with Crippen LogP contribution in [0.4, 0.5) is 4.79 Å². The molecule has 1 aromatic carbocycles. The highest BCUT2D eigenvalue weighted by Crippen LogP contribution is 2.40. The van der Waals surface area contributed by atoms with E-state index < -0.39 is 5.79 Å². The van der Waals surface area contributed by atoms with Crippen LogP contribution in [0.1, 0.15) is 32.3 Å². The average Bonchev–Trinajstić information content (AvgIpc) is 2.98. The second-order valence-corrected chi connectivity index (χ2v) is 6.97. The summed E-state index contributed by atoms with van der Waals surface area (Å²) in [6.45, 7) is 4.88. The lowest BCUT2D eigenvalue weighted by molar-refractivity contribution is -0.154. The molecule has 0 bridgehead atoms. The molecule has 1 amide bonds. The Kier molecular flexibility index (Phi) is 4.60. The molecule has 1 aliphatic heterocycles. The largest absolute Gasteiger partial charge is 0.445 e. The molecule has 1 aliphatic carbocycles. The highest BCUT2D eigenvalue weighted by atomic mass is 16.8. The molecule has 0 spiro atoms. The minimum atomic E-state index is -0.471. The number of amides is 1. The summed E-state index contributed by atoms with van der Waals surface area (Å²) in [6.07, 6.45) is 1.90. The molecule has 126 valence electrons. The molecule has 1 saturated carbocycles. The van der Waals surface area contributed by atoms with Gasteiger partial charge in [0.15, 0.2) is 5.79 Å². The quantitative estimate of drug-likeness (QED) is 0.855. The van der Waals surface area contributed by atoms with Gasteiger partial charge in [-0.25, -0.2) is 4.79 Å². The van der Waals surface area contributed by atoms with E-state index >= 15 is 0 Å². The first-order valence-corrected chi connectivity index (χ1v) is 8.20. The number of carbonyl (C=O) groups excluding carboxylic acids is 1. The van der Waals surface area contributed by atoms with E-state index in [0.29, 0.717) is 19.1 Å². The summed E-state index contributed by atoms with van der Waals surface area (Å²) in [6, 6.07) is 9.71. The number of nitrogens with zero attached hydrogens (tertiary/aromatic N) is 1. The van der Waals surface area contributed by atoms with Crippen LogP contribution in [-0.2, 0) is 20.8 Å². The van der Waals surface area contributed by atoms with Crippen LogP contribution in [0, 0.1) is 5.92 Å². The number of ether oxygens (including phenoxy) is 3. The van der Waals surface area contributed by atoms with Crippen LogP contribution in [-0.4, -0.2) is 42.6 Å². The lowest BCUT2D eigenvalue weighted by Crippen LogP contribution is -2.32. The molecular formula is C18H25NO4. The zero-order valence-electron chi connectivity index (χ0n) is 14.0. The van der Waals surface area contributed by atoms with Gasteiger partial charge in [-0.05, 0) is 38.2 Å². The number of fused-ring (bicyclic) bond motifs is 1. The minimum absolute atomic E-state index is 0.156. The van der Waals surface area contributed by atoms with E-state index in [1.807, 2.05) is 44.2 Å². The summed E-state index contributed by atoms with van der Waals surface area (Å²) in [5.41, 5.74) is 0.994. The van der Waals surface area contributed by atoms with Crippen molar-refractivity contribution in [3.8, 4) is 0 Å². The Morgan fingerprint density at radius 1 is 1.22 bits per heavy atom. The van der Waals surface area contributed by atoms with Gasteiger partial charge in [0.25, 0.3) is 0 Å². The molecule has 2 aliphatic rings. The van der Waals surface area contributed by atoms with E-state index in [9.17, 15) is 4.79 Å². The van der Waals surface area contributed by atoms with Crippen molar-refractivity contribution in [2.45, 2.75) is 51.3 Å². The van der Waals surface area contributed by atoms with Gasteiger partial charge in [-0.1, -0.05) is 30.3 Å². The fourth-order valence-corrected chi connectivity index (χ4v) is 3.50. The van der Waals surface area contributed by atoms with E-state index in [0.717, 1.165) is 18.4 Å². The maximum atomic E-state index is 12.1. The van der Waals surface area contributed by atoms with Gasteiger partial charge in [0.05, 0.1) is 12.2 Å². The molecule has 1 aromatic rings. The van der Waals surface area contributed by atoms with Crippen molar-refractivity contribution in [2.75, 3.05) is 13.6 Å². The molecule has 0 N–H and O–H groups in total. The number of benzene rings is 1. The average molecular weight is 319 g/mol. The normalized spacial score (nSPS) is 28.4. The first-order valence-electron chi connectivity index (χ1n) is 8.20. The topological polar surface area (TPSA) is 48.0 Å². The second-order valence-electron chi connectivity index (χ2n) is 6.97. The molecule has 5 heteroatoms. The third kappa shape index (κ3) is 4.03. The van der Waals surface area contributed by atoms with E-state index in [-0.39, 0.29) is 18.3 Å². The fourth-order valence-electron chi connectivity index (χ4n) is 3.50. The maximum Gasteiger partial charge on any atom is 0.409 e. The predicted octanol–water partition coefficient (Wildman–Crippen LogP) is 3.19. The Morgan fingerprint density at radius 3 is 2.43 bits per heavy atom. The van der Waals surface area contributed by atoms with E-state index in [2.05, 4.69) is 0 Å². The molecule has 3 atom stereocenters. The Bertz CT molecular complexity index is 529. The van der Waals surface area contributed by atoms with Gasteiger partial charge < -0.3 is 19.1 Å². The highest BCUT2D eigenvalue weighted by molar-refractivity contribution is 5.67. The Labute approximate surface area is 137 Å². The third-order valence-corrected chi connectivity index (χ3v) is 4.47. The molecule has 5 nitrogen and oxygen atoms in total. The highest BCUT2D eigenvalue weighted by Gasteiger charge is 2.47. The Balaban J connectivity index is 1.43. The molecule has 2 fully saturated rings. The summed E-state index contributed by atoms with van der Waals surface area (Å²) in [5.74, 6) is -0.0729. The van der Waals surface area contributed by atoms with Crippen LogP contribution in [0.15, 0.2) is 30.3 Å². The fraction of sp³-hybridized carbons (Fsp3) is 0.611. The standard InChI is InChI=1S/C18H25NO4/c1-18(2)22-15-9-14(10-16(15)23-18)11-19(3)17(20)21-12-13-7-5-4-6-8-13/h4-8,14-16H,9-12H2,1-3H3/t14?,15-,16+. The van der Waals surface area contributed by atoms with Gasteiger partial charge in [-0.2, -0.15) is 0 Å². The molecular weight excluding hydrogens is 294 g/mol. The minimum Gasteiger partial charge on any atom is -0.445 e. The molecule has 3 rings (SSSR count). The van der Waals surface area contributed by atoms with Crippen molar-refractivity contribution in [1.82, 2.24) is 4.90 Å². The Morgan fingerprint density at radius 2 is 1.83 bits per heavy atom. The summed E-state index contributed by atoms with van der Waals surface area (Å²) < 4.78 is 17.1. The van der Waals surface area contributed by atoms with Crippen molar-refractivity contribution in [3.05, 3.63) is 35.9 Å². The van der Waals surface area contributed by atoms with E-state index in [1.54, 1.807) is 11.9 Å².